The summed E-state index contributed by atoms with van der Waals surface area (Å²) in [5.41, 5.74) is 0.467. The Morgan fingerprint density at radius 2 is 2.10 bits per heavy atom. The Bertz CT molecular complexity index is 163. The first kappa shape index (κ1) is 8.68. The second-order valence-electron chi connectivity index (χ2n) is 1.69. The minimum Gasteiger partial charge on any atom is -0.355 e. The molecular formula is C6H10N2O2. The highest BCUT2D eigenvalue weighted by Gasteiger charge is 1.97. The van der Waals surface area contributed by atoms with Gasteiger partial charge >= 0.3 is 0 Å². The van der Waals surface area contributed by atoms with Crippen molar-refractivity contribution in [2.75, 3.05) is 7.05 Å². The average Bonchev–Trinajstić information content (AvgIpc) is 1.98. The smallest absolute Gasteiger partial charge is 0.248 e. The number of rotatable bonds is 3. The van der Waals surface area contributed by atoms with E-state index < -0.39 is 0 Å². The van der Waals surface area contributed by atoms with Crippen LogP contribution in [0.4, 0.5) is 0 Å². The first-order chi connectivity index (χ1) is 4.72. The Labute approximate surface area is 59.3 Å². The first-order valence-corrected chi connectivity index (χ1v) is 2.81. The second kappa shape index (κ2) is 4.55. The minimum absolute atomic E-state index is 0.200. The highest BCUT2D eigenvalue weighted by molar-refractivity contribution is 5.92. The van der Waals surface area contributed by atoms with E-state index in [0.29, 0.717) is 12.0 Å². The van der Waals surface area contributed by atoms with Gasteiger partial charge in [0.1, 0.15) is 0 Å². The third-order valence-electron chi connectivity index (χ3n) is 0.953. The number of hydrogen-bond donors (Lipinski definition) is 2. The summed E-state index contributed by atoms with van der Waals surface area (Å²) in [5.74, 6) is -0.200. The van der Waals surface area contributed by atoms with Crippen molar-refractivity contribution in [1.82, 2.24) is 10.6 Å². The summed E-state index contributed by atoms with van der Waals surface area (Å²) in [7, 11) is 1.53. The molecule has 10 heavy (non-hydrogen) atoms. The van der Waals surface area contributed by atoms with Crippen molar-refractivity contribution in [3.8, 4) is 0 Å². The quantitative estimate of drug-likeness (QED) is 0.407. The Morgan fingerprint density at radius 3 is 2.50 bits per heavy atom. The van der Waals surface area contributed by atoms with Crippen molar-refractivity contribution in [1.29, 1.82) is 0 Å². The molecule has 0 saturated carbocycles. The van der Waals surface area contributed by atoms with Crippen molar-refractivity contribution in [3.05, 3.63) is 11.8 Å². The molecule has 4 nitrogen and oxygen atoms in total. The standard InChI is InChI=1S/C6H10N2O2/c1-5(3-8-4-9)6(10)7-2/h3-4H,1-2H3,(H,7,10)(H,8,9)/b5-3-. The maximum atomic E-state index is 10.7. The Balaban J connectivity index is 3.91. The summed E-state index contributed by atoms with van der Waals surface area (Å²) in [6.07, 6.45) is 1.85. The van der Waals surface area contributed by atoms with Gasteiger partial charge in [-0.3, -0.25) is 9.59 Å². The zero-order valence-electron chi connectivity index (χ0n) is 5.97. The summed E-state index contributed by atoms with van der Waals surface area (Å²) in [6.45, 7) is 1.61. The van der Waals surface area contributed by atoms with Gasteiger partial charge in [0.15, 0.2) is 0 Å². The molecule has 0 atom stereocenters. The predicted octanol–water partition coefficient (Wildman–Crippen LogP) is -0.618. The van der Waals surface area contributed by atoms with E-state index in [1.807, 2.05) is 0 Å². The number of carbonyl (C=O) groups is 2. The van der Waals surface area contributed by atoms with E-state index >= 15 is 0 Å². The molecule has 0 aromatic carbocycles. The summed E-state index contributed by atoms with van der Waals surface area (Å²) in [4.78, 5) is 20.4. The maximum absolute atomic E-state index is 10.7. The number of hydrogen-bond acceptors (Lipinski definition) is 2. The fraction of sp³-hybridized carbons (Fsp3) is 0.333. The molecule has 2 N–H and O–H groups in total. The third kappa shape index (κ3) is 2.86. The molecule has 0 radical (unpaired) electrons. The summed E-state index contributed by atoms with van der Waals surface area (Å²) < 4.78 is 0. The van der Waals surface area contributed by atoms with Gasteiger partial charge in [-0.2, -0.15) is 0 Å². The van der Waals surface area contributed by atoms with Crippen LogP contribution in [0.15, 0.2) is 11.8 Å². The van der Waals surface area contributed by atoms with Crippen LogP contribution in [-0.4, -0.2) is 19.4 Å². The molecule has 0 rings (SSSR count). The van der Waals surface area contributed by atoms with Crippen LogP contribution in [0.3, 0.4) is 0 Å². The Morgan fingerprint density at radius 1 is 1.50 bits per heavy atom. The molecule has 0 aliphatic carbocycles. The molecule has 0 heterocycles. The van der Waals surface area contributed by atoms with Crippen LogP contribution in [0.25, 0.3) is 0 Å². The monoisotopic (exact) mass is 142 g/mol. The van der Waals surface area contributed by atoms with Crippen molar-refractivity contribution in [2.45, 2.75) is 6.92 Å². The number of amides is 2. The lowest BCUT2D eigenvalue weighted by atomic mass is 10.3. The van der Waals surface area contributed by atoms with Crippen LogP contribution < -0.4 is 10.6 Å². The third-order valence-corrected chi connectivity index (χ3v) is 0.953. The van der Waals surface area contributed by atoms with Crippen LogP contribution >= 0.6 is 0 Å². The fourth-order valence-corrected chi connectivity index (χ4v) is 0.422. The zero-order chi connectivity index (χ0) is 7.98. The van der Waals surface area contributed by atoms with Crippen LogP contribution in [-0.2, 0) is 9.59 Å². The van der Waals surface area contributed by atoms with Crippen LogP contribution in [0.5, 0.6) is 0 Å². The van der Waals surface area contributed by atoms with E-state index in [1.165, 1.54) is 13.2 Å². The van der Waals surface area contributed by atoms with Gasteiger partial charge in [0.25, 0.3) is 0 Å². The van der Waals surface area contributed by atoms with Gasteiger partial charge in [-0.1, -0.05) is 0 Å². The molecule has 0 aromatic rings. The Hall–Kier alpha value is -1.32. The number of nitrogens with one attached hydrogen (secondary N) is 2. The van der Waals surface area contributed by atoms with E-state index in [9.17, 15) is 9.59 Å². The van der Waals surface area contributed by atoms with E-state index in [0.717, 1.165) is 0 Å². The van der Waals surface area contributed by atoms with Gasteiger partial charge in [-0.15, -0.1) is 0 Å². The second-order valence-corrected chi connectivity index (χ2v) is 1.69. The molecule has 0 saturated heterocycles. The van der Waals surface area contributed by atoms with Gasteiger partial charge in [0.05, 0.1) is 0 Å². The van der Waals surface area contributed by atoms with Crippen LogP contribution in [0.2, 0.25) is 0 Å². The number of likely N-dealkylation sites (N-methyl/N-ethyl adjacent to an activating group) is 1. The van der Waals surface area contributed by atoms with Crippen molar-refractivity contribution in [3.63, 3.8) is 0 Å². The van der Waals surface area contributed by atoms with E-state index in [2.05, 4.69) is 10.6 Å². The lowest BCUT2D eigenvalue weighted by molar-refractivity contribution is -0.117. The molecule has 56 valence electrons. The van der Waals surface area contributed by atoms with Crippen molar-refractivity contribution >= 4 is 12.3 Å². The molecule has 0 aliphatic rings. The summed E-state index contributed by atoms with van der Waals surface area (Å²) in [6, 6.07) is 0. The van der Waals surface area contributed by atoms with Gasteiger partial charge in [0, 0.05) is 18.8 Å². The highest BCUT2D eigenvalue weighted by Crippen LogP contribution is 1.86. The fourth-order valence-electron chi connectivity index (χ4n) is 0.422. The van der Waals surface area contributed by atoms with Gasteiger partial charge < -0.3 is 10.6 Å². The molecule has 4 heteroatoms. The van der Waals surface area contributed by atoms with Crippen LogP contribution in [0.1, 0.15) is 6.92 Å². The average molecular weight is 142 g/mol. The number of carbonyl (C=O) groups excluding carboxylic acids is 2. The molecule has 0 spiro atoms. The molecule has 0 unspecified atom stereocenters. The van der Waals surface area contributed by atoms with Crippen molar-refractivity contribution < 1.29 is 9.59 Å². The summed E-state index contributed by atoms with van der Waals surface area (Å²) in [5, 5.41) is 4.67. The van der Waals surface area contributed by atoms with Crippen LogP contribution in [0, 0.1) is 0 Å². The maximum Gasteiger partial charge on any atom is 0.248 e. The zero-order valence-corrected chi connectivity index (χ0v) is 5.97. The van der Waals surface area contributed by atoms with E-state index in [-0.39, 0.29) is 5.91 Å². The molecule has 0 aromatic heterocycles. The lowest BCUT2D eigenvalue weighted by Crippen LogP contribution is -2.20. The van der Waals surface area contributed by atoms with Gasteiger partial charge in [-0.25, -0.2) is 0 Å². The molecule has 0 aliphatic heterocycles. The minimum atomic E-state index is -0.200. The molecule has 0 fully saturated rings. The largest absolute Gasteiger partial charge is 0.355 e. The molecular weight excluding hydrogens is 132 g/mol. The highest BCUT2D eigenvalue weighted by atomic mass is 16.1. The van der Waals surface area contributed by atoms with E-state index in [4.69, 9.17) is 0 Å². The van der Waals surface area contributed by atoms with E-state index in [1.54, 1.807) is 6.92 Å². The Kier molecular flexibility index (Phi) is 3.95. The first-order valence-electron chi connectivity index (χ1n) is 2.81. The predicted molar refractivity (Wildman–Crippen MR) is 37.0 cm³/mol. The normalized spacial score (nSPS) is 10.4. The molecule has 0 bridgehead atoms. The van der Waals surface area contributed by atoms with Gasteiger partial charge in [0.2, 0.25) is 12.3 Å². The summed E-state index contributed by atoms with van der Waals surface area (Å²) >= 11 is 0. The molecule has 2 amide bonds. The van der Waals surface area contributed by atoms with Gasteiger partial charge in [-0.05, 0) is 6.92 Å². The SMILES string of the molecule is CNC(=O)/C(C)=C\NC=O. The topological polar surface area (TPSA) is 58.2 Å². The lowest BCUT2D eigenvalue weighted by Gasteiger charge is -1.96. The van der Waals surface area contributed by atoms with Crippen molar-refractivity contribution in [2.24, 2.45) is 0 Å².